The molecule has 2 rings (SSSR count). The summed E-state index contributed by atoms with van der Waals surface area (Å²) in [4.78, 5) is 0. The van der Waals surface area contributed by atoms with Crippen LogP contribution < -0.4 is 5.32 Å². The van der Waals surface area contributed by atoms with Crippen LogP contribution in [0.3, 0.4) is 0 Å². The maximum Gasteiger partial charge on any atom is 0.247 e. The minimum Gasteiger partial charge on any atom is -0.421 e. The van der Waals surface area contributed by atoms with E-state index in [9.17, 15) is 0 Å². The van der Waals surface area contributed by atoms with Gasteiger partial charge in [0, 0.05) is 18.0 Å². The summed E-state index contributed by atoms with van der Waals surface area (Å²) in [5.41, 5.74) is 2.18. The zero-order valence-electron chi connectivity index (χ0n) is 11.8. The third kappa shape index (κ3) is 4.17. The van der Waals surface area contributed by atoms with E-state index in [1.54, 1.807) is 0 Å². The topological polar surface area (TPSA) is 51.0 Å². The number of rotatable bonds is 6. The van der Waals surface area contributed by atoms with Crippen molar-refractivity contribution < 1.29 is 4.42 Å². The average Bonchev–Trinajstić information content (AvgIpc) is 2.83. The van der Waals surface area contributed by atoms with Crippen molar-refractivity contribution in [3.63, 3.8) is 0 Å². The first-order chi connectivity index (χ1) is 9.15. The van der Waals surface area contributed by atoms with Gasteiger partial charge in [0.15, 0.2) is 0 Å². The first-order valence-corrected chi connectivity index (χ1v) is 6.78. The lowest BCUT2D eigenvalue weighted by molar-refractivity contribution is 0.484. The van der Waals surface area contributed by atoms with Gasteiger partial charge in [-0.15, -0.1) is 10.2 Å². The fourth-order valence-corrected chi connectivity index (χ4v) is 1.88. The lowest BCUT2D eigenvalue weighted by atomic mass is 10.1. The first kappa shape index (κ1) is 13.7. The molecular formula is C15H21N3O. The van der Waals surface area contributed by atoms with Gasteiger partial charge in [-0.25, -0.2) is 0 Å². The third-order valence-corrected chi connectivity index (χ3v) is 2.85. The van der Waals surface area contributed by atoms with E-state index >= 15 is 0 Å². The molecule has 0 aliphatic rings. The molecule has 102 valence electrons. The molecule has 0 saturated carbocycles. The molecule has 19 heavy (non-hydrogen) atoms. The molecule has 0 radical (unpaired) electrons. The van der Waals surface area contributed by atoms with E-state index in [2.05, 4.69) is 48.4 Å². The Morgan fingerprint density at radius 1 is 1.26 bits per heavy atom. The summed E-state index contributed by atoms with van der Waals surface area (Å²) in [6.45, 7) is 7.31. The van der Waals surface area contributed by atoms with Crippen molar-refractivity contribution in [3.05, 3.63) is 35.7 Å². The van der Waals surface area contributed by atoms with Gasteiger partial charge in [0.05, 0.1) is 0 Å². The zero-order chi connectivity index (χ0) is 13.7. The van der Waals surface area contributed by atoms with E-state index in [1.807, 2.05) is 12.1 Å². The molecular weight excluding hydrogens is 238 g/mol. The van der Waals surface area contributed by atoms with Crippen molar-refractivity contribution in [2.75, 3.05) is 6.54 Å². The quantitative estimate of drug-likeness (QED) is 0.810. The SMILES string of the molecule is Cc1cccc(-c2nnc(CCCNC(C)C)o2)c1. The van der Waals surface area contributed by atoms with Gasteiger partial charge in [0.2, 0.25) is 11.8 Å². The molecule has 0 atom stereocenters. The summed E-state index contributed by atoms with van der Waals surface area (Å²) >= 11 is 0. The highest BCUT2D eigenvalue weighted by Gasteiger charge is 2.08. The Balaban J connectivity index is 1.92. The number of hydrogen-bond donors (Lipinski definition) is 1. The highest BCUT2D eigenvalue weighted by Crippen LogP contribution is 2.19. The Labute approximate surface area is 114 Å². The van der Waals surface area contributed by atoms with Crippen LogP contribution in [0.15, 0.2) is 28.7 Å². The van der Waals surface area contributed by atoms with Gasteiger partial charge in [-0.2, -0.15) is 0 Å². The number of nitrogens with one attached hydrogen (secondary N) is 1. The molecule has 0 amide bonds. The van der Waals surface area contributed by atoms with Crippen molar-refractivity contribution in [1.82, 2.24) is 15.5 Å². The number of aromatic nitrogens is 2. The lowest BCUT2D eigenvalue weighted by Crippen LogP contribution is -2.23. The summed E-state index contributed by atoms with van der Waals surface area (Å²) < 4.78 is 5.68. The van der Waals surface area contributed by atoms with Crippen molar-refractivity contribution in [1.29, 1.82) is 0 Å². The highest BCUT2D eigenvalue weighted by atomic mass is 16.4. The van der Waals surface area contributed by atoms with Crippen LogP contribution in [-0.4, -0.2) is 22.8 Å². The molecule has 4 heteroatoms. The van der Waals surface area contributed by atoms with Crippen LogP contribution in [0.4, 0.5) is 0 Å². The van der Waals surface area contributed by atoms with Crippen LogP contribution in [0, 0.1) is 6.92 Å². The van der Waals surface area contributed by atoms with Crippen LogP contribution in [-0.2, 0) is 6.42 Å². The second-order valence-corrected chi connectivity index (χ2v) is 5.08. The summed E-state index contributed by atoms with van der Waals surface area (Å²) in [6, 6.07) is 8.62. The molecule has 0 aliphatic carbocycles. The standard InChI is InChI=1S/C15H21N3O/c1-11(2)16-9-5-8-14-17-18-15(19-14)13-7-4-6-12(3)10-13/h4,6-7,10-11,16H,5,8-9H2,1-3H3. The Hall–Kier alpha value is -1.68. The zero-order valence-corrected chi connectivity index (χ0v) is 11.8. The van der Waals surface area contributed by atoms with Crippen LogP contribution >= 0.6 is 0 Å². The van der Waals surface area contributed by atoms with Crippen LogP contribution in [0.5, 0.6) is 0 Å². The fraction of sp³-hybridized carbons (Fsp3) is 0.467. The molecule has 1 heterocycles. The summed E-state index contributed by atoms with van der Waals surface area (Å²) in [6.07, 6.45) is 1.83. The third-order valence-electron chi connectivity index (χ3n) is 2.85. The Morgan fingerprint density at radius 2 is 2.11 bits per heavy atom. The van der Waals surface area contributed by atoms with E-state index < -0.39 is 0 Å². The van der Waals surface area contributed by atoms with Crippen molar-refractivity contribution in [2.45, 2.75) is 39.7 Å². The van der Waals surface area contributed by atoms with E-state index in [0.29, 0.717) is 17.8 Å². The van der Waals surface area contributed by atoms with E-state index in [-0.39, 0.29) is 0 Å². The molecule has 0 unspecified atom stereocenters. The van der Waals surface area contributed by atoms with Crippen LogP contribution in [0.1, 0.15) is 31.7 Å². The second kappa shape index (κ2) is 6.48. The Bertz CT molecular complexity index is 520. The van der Waals surface area contributed by atoms with Gasteiger partial charge in [-0.3, -0.25) is 0 Å². The fourth-order valence-electron chi connectivity index (χ4n) is 1.88. The predicted molar refractivity (Wildman–Crippen MR) is 75.9 cm³/mol. The maximum absolute atomic E-state index is 5.68. The highest BCUT2D eigenvalue weighted by molar-refractivity contribution is 5.53. The molecule has 1 N–H and O–H groups in total. The lowest BCUT2D eigenvalue weighted by Gasteiger charge is -2.05. The largest absolute Gasteiger partial charge is 0.421 e. The smallest absolute Gasteiger partial charge is 0.247 e. The van der Waals surface area contributed by atoms with Crippen molar-refractivity contribution >= 4 is 0 Å². The minimum atomic E-state index is 0.519. The number of hydrogen-bond acceptors (Lipinski definition) is 4. The summed E-state index contributed by atoms with van der Waals surface area (Å²) in [5.74, 6) is 1.32. The van der Waals surface area contributed by atoms with Gasteiger partial charge >= 0.3 is 0 Å². The summed E-state index contributed by atoms with van der Waals surface area (Å²) in [7, 11) is 0. The predicted octanol–water partition coefficient (Wildman–Crippen LogP) is 2.98. The van der Waals surface area contributed by atoms with Crippen LogP contribution in [0.2, 0.25) is 0 Å². The normalized spacial score (nSPS) is 11.2. The van der Waals surface area contributed by atoms with E-state index in [0.717, 1.165) is 24.9 Å². The molecule has 1 aromatic carbocycles. The van der Waals surface area contributed by atoms with Gasteiger partial charge in [-0.1, -0.05) is 31.5 Å². The molecule has 0 saturated heterocycles. The van der Waals surface area contributed by atoms with Crippen molar-refractivity contribution in [3.8, 4) is 11.5 Å². The van der Waals surface area contributed by atoms with Gasteiger partial charge in [0.1, 0.15) is 0 Å². The van der Waals surface area contributed by atoms with Gasteiger partial charge < -0.3 is 9.73 Å². The monoisotopic (exact) mass is 259 g/mol. The molecule has 0 spiro atoms. The Kier molecular flexibility index (Phi) is 4.68. The van der Waals surface area contributed by atoms with E-state index in [4.69, 9.17) is 4.42 Å². The Morgan fingerprint density at radius 3 is 2.84 bits per heavy atom. The minimum absolute atomic E-state index is 0.519. The number of benzene rings is 1. The van der Waals surface area contributed by atoms with Crippen molar-refractivity contribution in [2.24, 2.45) is 0 Å². The second-order valence-electron chi connectivity index (χ2n) is 5.08. The molecule has 0 bridgehead atoms. The molecule has 0 aliphatic heterocycles. The molecule has 2 aromatic rings. The molecule has 1 aromatic heterocycles. The summed E-state index contributed by atoms with van der Waals surface area (Å²) in [5, 5.41) is 11.6. The number of aryl methyl sites for hydroxylation is 2. The van der Waals surface area contributed by atoms with Crippen LogP contribution in [0.25, 0.3) is 11.5 Å². The average molecular weight is 259 g/mol. The molecule has 4 nitrogen and oxygen atoms in total. The molecule has 0 fully saturated rings. The van der Waals surface area contributed by atoms with Gasteiger partial charge in [0.25, 0.3) is 0 Å². The first-order valence-electron chi connectivity index (χ1n) is 6.78. The van der Waals surface area contributed by atoms with Gasteiger partial charge in [-0.05, 0) is 32.0 Å². The number of nitrogens with zero attached hydrogens (tertiary/aromatic N) is 2. The maximum atomic E-state index is 5.68. The van der Waals surface area contributed by atoms with E-state index in [1.165, 1.54) is 5.56 Å².